The summed E-state index contributed by atoms with van der Waals surface area (Å²) in [6.07, 6.45) is 4.63. The first-order valence-electron chi connectivity index (χ1n) is 5.55. The number of carboxylic acids is 1. The molecule has 1 saturated heterocycles. The van der Waals surface area contributed by atoms with E-state index < -0.39 is 11.9 Å². The molecule has 2 atom stereocenters. The molecule has 0 bridgehead atoms. The van der Waals surface area contributed by atoms with Crippen LogP contribution in [0.3, 0.4) is 0 Å². The SMILES string of the molecule is CCCCC[C@H]1C[C@H](CC(=O)O)C(=O)O1. The molecule has 0 spiro atoms. The van der Waals surface area contributed by atoms with Crippen LogP contribution in [0.2, 0.25) is 0 Å². The van der Waals surface area contributed by atoms with Gasteiger partial charge >= 0.3 is 11.9 Å². The Morgan fingerprint density at radius 1 is 1.53 bits per heavy atom. The normalized spacial score (nSPS) is 25.3. The van der Waals surface area contributed by atoms with Gasteiger partial charge < -0.3 is 9.84 Å². The third-order valence-electron chi connectivity index (χ3n) is 2.71. The molecule has 0 aromatic rings. The summed E-state index contributed by atoms with van der Waals surface area (Å²) in [6.45, 7) is 2.12. The number of hydrogen-bond donors (Lipinski definition) is 1. The van der Waals surface area contributed by atoms with Crippen LogP contribution in [0.25, 0.3) is 0 Å². The Kier molecular flexibility index (Phi) is 4.59. The van der Waals surface area contributed by atoms with Crippen LogP contribution in [-0.2, 0) is 14.3 Å². The van der Waals surface area contributed by atoms with E-state index in [0.29, 0.717) is 6.42 Å². The quantitative estimate of drug-likeness (QED) is 0.542. The maximum atomic E-state index is 11.3. The molecular weight excluding hydrogens is 196 g/mol. The molecule has 0 aromatic carbocycles. The van der Waals surface area contributed by atoms with Crippen molar-refractivity contribution in [3.63, 3.8) is 0 Å². The van der Waals surface area contributed by atoms with Crippen molar-refractivity contribution in [2.75, 3.05) is 0 Å². The van der Waals surface area contributed by atoms with Crippen molar-refractivity contribution in [2.45, 2.75) is 51.6 Å². The number of ether oxygens (including phenoxy) is 1. The molecule has 4 nitrogen and oxygen atoms in total. The van der Waals surface area contributed by atoms with Gasteiger partial charge in [0.15, 0.2) is 0 Å². The topological polar surface area (TPSA) is 63.6 Å². The molecule has 0 saturated carbocycles. The lowest BCUT2D eigenvalue weighted by Gasteiger charge is -2.07. The van der Waals surface area contributed by atoms with Crippen LogP contribution in [0, 0.1) is 5.92 Å². The Labute approximate surface area is 89.6 Å². The van der Waals surface area contributed by atoms with E-state index in [1.807, 2.05) is 0 Å². The number of unbranched alkanes of at least 4 members (excludes halogenated alkanes) is 2. The largest absolute Gasteiger partial charge is 0.481 e. The summed E-state index contributed by atoms with van der Waals surface area (Å²) in [6, 6.07) is 0. The minimum Gasteiger partial charge on any atom is -0.481 e. The summed E-state index contributed by atoms with van der Waals surface area (Å²) >= 11 is 0. The van der Waals surface area contributed by atoms with E-state index in [9.17, 15) is 9.59 Å². The monoisotopic (exact) mass is 214 g/mol. The van der Waals surface area contributed by atoms with Crippen LogP contribution in [0.5, 0.6) is 0 Å². The van der Waals surface area contributed by atoms with Crippen LogP contribution in [-0.4, -0.2) is 23.1 Å². The average molecular weight is 214 g/mol. The Hall–Kier alpha value is -1.06. The van der Waals surface area contributed by atoms with Gasteiger partial charge in [-0.2, -0.15) is 0 Å². The molecule has 4 heteroatoms. The van der Waals surface area contributed by atoms with Gasteiger partial charge in [0.05, 0.1) is 12.3 Å². The maximum absolute atomic E-state index is 11.3. The molecule has 0 radical (unpaired) electrons. The first-order valence-corrected chi connectivity index (χ1v) is 5.55. The smallest absolute Gasteiger partial charge is 0.309 e. The number of cyclic esters (lactones) is 1. The van der Waals surface area contributed by atoms with Crippen molar-refractivity contribution in [3.8, 4) is 0 Å². The van der Waals surface area contributed by atoms with Crippen molar-refractivity contribution in [2.24, 2.45) is 5.92 Å². The molecule has 0 aromatic heterocycles. The summed E-state index contributed by atoms with van der Waals surface area (Å²) < 4.78 is 5.12. The van der Waals surface area contributed by atoms with Gasteiger partial charge in [0.1, 0.15) is 6.10 Å². The van der Waals surface area contributed by atoms with Crippen molar-refractivity contribution in [3.05, 3.63) is 0 Å². The van der Waals surface area contributed by atoms with Crippen molar-refractivity contribution >= 4 is 11.9 Å². The minimum atomic E-state index is -0.925. The highest BCUT2D eigenvalue weighted by atomic mass is 16.6. The zero-order valence-corrected chi connectivity index (χ0v) is 9.07. The lowest BCUT2D eigenvalue weighted by Crippen LogP contribution is -2.12. The summed E-state index contributed by atoms with van der Waals surface area (Å²) in [4.78, 5) is 21.7. The fourth-order valence-corrected chi connectivity index (χ4v) is 1.90. The predicted octanol–water partition coefficient (Wildman–Crippen LogP) is 1.97. The van der Waals surface area contributed by atoms with Crippen LogP contribution >= 0.6 is 0 Å². The van der Waals surface area contributed by atoms with E-state index in [0.717, 1.165) is 25.7 Å². The number of carbonyl (C=O) groups excluding carboxylic acids is 1. The van der Waals surface area contributed by atoms with Crippen molar-refractivity contribution < 1.29 is 19.4 Å². The number of esters is 1. The summed E-state index contributed by atoms with van der Waals surface area (Å²) in [5, 5.41) is 8.58. The van der Waals surface area contributed by atoms with Crippen LogP contribution < -0.4 is 0 Å². The standard InChI is InChI=1S/C11H18O4/c1-2-3-4-5-9-6-8(7-10(12)13)11(14)15-9/h8-9H,2-7H2,1H3,(H,12,13)/t8-,9+/m1/s1. The molecule has 86 valence electrons. The van der Waals surface area contributed by atoms with E-state index in [1.54, 1.807) is 0 Å². The Bertz CT molecular complexity index is 237. The maximum Gasteiger partial charge on any atom is 0.309 e. The lowest BCUT2D eigenvalue weighted by molar-refractivity contribution is -0.148. The fraction of sp³-hybridized carbons (Fsp3) is 0.818. The highest BCUT2D eigenvalue weighted by molar-refractivity contribution is 5.80. The third kappa shape index (κ3) is 3.90. The molecule has 1 rings (SSSR count). The van der Waals surface area contributed by atoms with E-state index >= 15 is 0 Å². The number of rotatable bonds is 6. The Morgan fingerprint density at radius 3 is 2.87 bits per heavy atom. The van der Waals surface area contributed by atoms with Gasteiger partial charge in [0.2, 0.25) is 0 Å². The molecular formula is C11H18O4. The second-order valence-corrected chi connectivity index (χ2v) is 4.09. The molecule has 0 unspecified atom stereocenters. The van der Waals surface area contributed by atoms with Gasteiger partial charge in [-0.15, -0.1) is 0 Å². The van der Waals surface area contributed by atoms with Crippen LogP contribution in [0.15, 0.2) is 0 Å². The van der Waals surface area contributed by atoms with Crippen molar-refractivity contribution in [1.29, 1.82) is 0 Å². The van der Waals surface area contributed by atoms with Gasteiger partial charge in [-0.05, 0) is 19.3 Å². The molecule has 0 amide bonds. The Balaban J connectivity index is 2.28. The number of hydrogen-bond acceptors (Lipinski definition) is 3. The van der Waals surface area contributed by atoms with Crippen molar-refractivity contribution in [1.82, 2.24) is 0 Å². The molecule has 1 N–H and O–H groups in total. The molecule has 1 fully saturated rings. The zero-order valence-electron chi connectivity index (χ0n) is 9.07. The summed E-state index contributed by atoms with van der Waals surface area (Å²) in [7, 11) is 0. The zero-order chi connectivity index (χ0) is 11.3. The van der Waals surface area contributed by atoms with E-state index in [1.165, 1.54) is 0 Å². The fourth-order valence-electron chi connectivity index (χ4n) is 1.90. The molecule has 1 aliphatic rings. The molecule has 0 aliphatic carbocycles. The minimum absolute atomic E-state index is 0.0478. The number of carboxylic acid groups (broad SMARTS) is 1. The van der Waals surface area contributed by atoms with E-state index in [4.69, 9.17) is 9.84 Å². The van der Waals surface area contributed by atoms with E-state index in [-0.39, 0.29) is 18.5 Å². The van der Waals surface area contributed by atoms with Crippen LogP contribution in [0.1, 0.15) is 45.4 Å². The summed E-state index contributed by atoms with van der Waals surface area (Å²) in [5.74, 6) is -1.68. The first-order chi connectivity index (χ1) is 7.13. The first kappa shape index (κ1) is 12.0. The van der Waals surface area contributed by atoms with Gasteiger partial charge in [-0.25, -0.2) is 0 Å². The highest BCUT2D eigenvalue weighted by Crippen LogP contribution is 2.27. The molecule has 15 heavy (non-hydrogen) atoms. The predicted molar refractivity (Wildman–Crippen MR) is 54.4 cm³/mol. The van der Waals surface area contributed by atoms with E-state index in [2.05, 4.69) is 6.92 Å². The Morgan fingerprint density at radius 2 is 2.27 bits per heavy atom. The second kappa shape index (κ2) is 5.73. The number of carbonyl (C=O) groups is 2. The third-order valence-corrected chi connectivity index (χ3v) is 2.71. The molecule has 1 aliphatic heterocycles. The summed E-state index contributed by atoms with van der Waals surface area (Å²) in [5.41, 5.74) is 0. The highest BCUT2D eigenvalue weighted by Gasteiger charge is 2.35. The molecule has 1 heterocycles. The van der Waals surface area contributed by atoms with Gasteiger partial charge in [-0.1, -0.05) is 19.8 Å². The van der Waals surface area contributed by atoms with Gasteiger partial charge in [0.25, 0.3) is 0 Å². The van der Waals surface area contributed by atoms with Crippen LogP contribution in [0.4, 0.5) is 0 Å². The second-order valence-electron chi connectivity index (χ2n) is 4.09. The average Bonchev–Trinajstić information content (AvgIpc) is 2.47. The van der Waals surface area contributed by atoms with Gasteiger partial charge in [0, 0.05) is 0 Å². The lowest BCUT2D eigenvalue weighted by atomic mass is 9.99. The number of aliphatic carboxylic acids is 1. The van der Waals surface area contributed by atoms with Gasteiger partial charge in [-0.3, -0.25) is 9.59 Å².